The molecule has 0 bridgehead atoms. The molecule has 17 heavy (non-hydrogen) atoms. The minimum Gasteiger partial charge on any atom is -0.388 e. The van der Waals surface area contributed by atoms with E-state index in [1.165, 1.54) is 11.8 Å². The molecule has 0 aromatic rings. The Balaban J connectivity index is 2.49. The first-order chi connectivity index (χ1) is 7.87. The van der Waals surface area contributed by atoms with Crippen molar-refractivity contribution in [1.29, 1.82) is 0 Å². The zero-order valence-electron chi connectivity index (χ0n) is 10.3. The molecule has 0 aromatic heterocycles. The fourth-order valence-corrected chi connectivity index (χ4v) is 4.01. The van der Waals surface area contributed by atoms with E-state index in [0.717, 1.165) is 0 Å². The van der Waals surface area contributed by atoms with E-state index in [1.54, 1.807) is 6.92 Å². The van der Waals surface area contributed by atoms with Crippen molar-refractivity contribution in [2.45, 2.75) is 30.6 Å². The summed E-state index contributed by atoms with van der Waals surface area (Å²) in [5.74, 6) is 0.503. The standard InChI is InChI=1S/C10H21NO4S2/c1-10(12,8-16-2)7-11-17(13,14)9-3-5-15-6-4-9/h9,11-12H,3-8H2,1-2H3. The third kappa shape index (κ3) is 5.13. The van der Waals surface area contributed by atoms with E-state index >= 15 is 0 Å². The molecule has 7 heteroatoms. The van der Waals surface area contributed by atoms with Crippen LogP contribution in [0.3, 0.4) is 0 Å². The highest BCUT2D eigenvalue weighted by Crippen LogP contribution is 2.16. The van der Waals surface area contributed by atoms with Gasteiger partial charge in [0.2, 0.25) is 10.0 Å². The quantitative estimate of drug-likeness (QED) is 0.728. The highest BCUT2D eigenvalue weighted by atomic mass is 32.2. The first-order valence-corrected chi connectivity index (χ1v) is 8.59. The molecule has 1 atom stereocenters. The van der Waals surface area contributed by atoms with Crippen LogP contribution in [0.4, 0.5) is 0 Å². The van der Waals surface area contributed by atoms with Crippen LogP contribution in [0.15, 0.2) is 0 Å². The molecule has 2 N–H and O–H groups in total. The molecule has 1 saturated heterocycles. The van der Waals surface area contributed by atoms with Gasteiger partial charge in [-0.25, -0.2) is 13.1 Å². The normalized spacial score (nSPS) is 22.3. The summed E-state index contributed by atoms with van der Waals surface area (Å²) in [7, 11) is -3.33. The molecule has 0 radical (unpaired) electrons. The maximum absolute atomic E-state index is 12.0. The number of ether oxygens (including phenoxy) is 1. The van der Waals surface area contributed by atoms with Crippen molar-refractivity contribution in [3.05, 3.63) is 0 Å². The fraction of sp³-hybridized carbons (Fsp3) is 1.00. The van der Waals surface area contributed by atoms with Crippen LogP contribution in [0.1, 0.15) is 19.8 Å². The van der Waals surface area contributed by atoms with Crippen LogP contribution in [-0.4, -0.2) is 56.1 Å². The van der Waals surface area contributed by atoms with E-state index in [0.29, 0.717) is 31.8 Å². The Morgan fingerprint density at radius 3 is 2.59 bits per heavy atom. The van der Waals surface area contributed by atoms with Gasteiger partial charge in [0.05, 0.1) is 10.9 Å². The first-order valence-electron chi connectivity index (χ1n) is 5.65. The molecule has 0 aliphatic carbocycles. The number of nitrogens with one attached hydrogen (secondary N) is 1. The Kier molecular flexibility index (Phi) is 5.72. The minimum absolute atomic E-state index is 0.0630. The average molecular weight is 283 g/mol. The van der Waals surface area contributed by atoms with Crippen molar-refractivity contribution in [3.8, 4) is 0 Å². The van der Waals surface area contributed by atoms with E-state index in [9.17, 15) is 13.5 Å². The summed E-state index contributed by atoms with van der Waals surface area (Å²) >= 11 is 1.49. The Labute approximate surface area is 107 Å². The molecular formula is C10H21NO4S2. The summed E-state index contributed by atoms with van der Waals surface area (Å²) in [4.78, 5) is 0. The molecule has 0 aromatic carbocycles. The van der Waals surface area contributed by atoms with E-state index in [4.69, 9.17) is 4.74 Å². The number of hydrogen-bond donors (Lipinski definition) is 2. The van der Waals surface area contributed by atoms with Crippen molar-refractivity contribution < 1.29 is 18.3 Å². The summed E-state index contributed by atoms with van der Waals surface area (Å²) in [6.07, 6.45) is 2.93. The summed E-state index contributed by atoms with van der Waals surface area (Å²) in [5, 5.41) is 9.52. The van der Waals surface area contributed by atoms with Gasteiger partial charge < -0.3 is 9.84 Å². The summed E-state index contributed by atoms with van der Waals surface area (Å²) in [6, 6.07) is 0. The predicted octanol–water partition coefficient (Wildman–Crippen LogP) is 0.199. The molecule has 5 nitrogen and oxygen atoms in total. The second-order valence-corrected chi connectivity index (χ2v) is 7.52. The SMILES string of the molecule is CSCC(C)(O)CNS(=O)(=O)C1CCOCC1. The first kappa shape index (κ1) is 15.2. The van der Waals surface area contributed by atoms with Crippen molar-refractivity contribution in [2.24, 2.45) is 0 Å². The third-order valence-corrected chi connectivity index (χ3v) is 5.52. The lowest BCUT2D eigenvalue weighted by Crippen LogP contribution is -2.46. The molecule has 0 spiro atoms. The van der Waals surface area contributed by atoms with Gasteiger partial charge in [0, 0.05) is 25.5 Å². The van der Waals surface area contributed by atoms with Crippen LogP contribution in [0.25, 0.3) is 0 Å². The van der Waals surface area contributed by atoms with E-state index in [1.807, 2.05) is 6.26 Å². The number of sulfonamides is 1. The molecule has 0 saturated carbocycles. The molecule has 1 heterocycles. The Bertz CT molecular complexity index is 323. The third-order valence-electron chi connectivity index (χ3n) is 2.72. The van der Waals surface area contributed by atoms with E-state index in [2.05, 4.69) is 4.72 Å². The number of rotatable bonds is 6. The summed E-state index contributed by atoms with van der Waals surface area (Å²) in [6.45, 7) is 2.68. The molecule has 1 fully saturated rings. The zero-order valence-corrected chi connectivity index (χ0v) is 11.9. The zero-order chi connectivity index (χ0) is 12.9. The van der Waals surface area contributed by atoms with Gasteiger partial charge in [-0.05, 0) is 26.0 Å². The van der Waals surface area contributed by atoms with Gasteiger partial charge in [0.25, 0.3) is 0 Å². The topological polar surface area (TPSA) is 75.6 Å². The predicted molar refractivity (Wildman–Crippen MR) is 69.8 cm³/mol. The molecule has 1 unspecified atom stereocenters. The average Bonchev–Trinajstić information content (AvgIpc) is 2.28. The minimum atomic E-state index is -3.33. The Morgan fingerprint density at radius 2 is 2.06 bits per heavy atom. The lowest BCUT2D eigenvalue weighted by atomic mass is 10.1. The second kappa shape index (κ2) is 6.38. The Hall–Kier alpha value is 0.180. The maximum Gasteiger partial charge on any atom is 0.214 e. The van der Waals surface area contributed by atoms with Crippen LogP contribution in [0.2, 0.25) is 0 Å². The Morgan fingerprint density at radius 1 is 1.47 bits per heavy atom. The maximum atomic E-state index is 12.0. The van der Waals surface area contributed by atoms with Crippen LogP contribution < -0.4 is 4.72 Å². The van der Waals surface area contributed by atoms with Crippen molar-refractivity contribution in [1.82, 2.24) is 4.72 Å². The highest BCUT2D eigenvalue weighted by Gasteiger charge is 2.30. The monoisotopic (exact) mass is 283 g/mol. The van der Waals surface area contributed by atoms with Gasteiger partial charge in [0.15, 0.2) is 0 Å². The van der Waals surface area contributed by atoms with Gasteiger partial charge in [-0.15, -0.1) is 0 Å². The molecule has 0 amide bonds. The largest absolute Gasteiger partial charge is 0.388 e. The van der Waals surface area contributed by atoms with Gasteiger partial charge in [-0.3, -0.25) is 0 Å². The van der Waals surface area contributed by atoms with E-state index in [-0.39, 0.29) is 11.8 Å². The molecule has 102 valence electrons. The highest BCUT2D eigenvalue weighted by molar-refractivity contribution is 7.98. The fourth-order valence-electron chi connectivity index (χ4n) is 1.72. The van der Waals surface area contributed by atoms with Gasteiger partial charge in [-0.1, -0.05) is 0 Å². The van der Waals surface area contributed by atoms with Gasteiger partial charge >= 0.3 is 0 Å². The van der Waals surface area contributed by atoms with Crippen molar-refractivity contribution >= 4 is 21.8 Å². The van der Waals surface area contributed by atoms with Crippen molar-refractivity contribution in [3.63, 3.8) is 0 Å². The summed E-state index contributed by atoms with van der Waals surface area (Å²) < 4.78 is 31.5. The van der Waals surface area contributed by atoms with Crippen LogP contribution >= 0.6 is 11.8 Å². The van der Waals surface area contributed by atoms with Crippen LogP contribution in [0, 0.1) is 0 Å². The van der Waals surface area contributed by atoms with Gasteiger partial charge in [-0.2, -0.15) is 11.8 Å². The summed E-state index contributed by atoms with van der Waals surface area (Å²) in [5.41, 5.74) is -1.00. The smallest absolute Gasteiger partial charge is 0.214 e. The molecule has 1 aliphatic rings. The van der Waals surface area contributed by atoms with Crippen LogP contribution in [-0.2, 0) is 14.8 Å². The second-order valence-electron chi connectivity index (χ2n) is 4.61. The lowest BCUT2D eigenvalue weighted by molar-refractivity contribution is 0.0890. The number of hydrogen-bond acceptors (Lipinski definition) is 5. The molecule has 1 aliphatic heterocycles. The number of thioether (sulfide) groups is 1. The molecule has 1 rings (SSSR count). The van der Waals surface area contributed by atoms with Crippen LogP contribution in [0.5, 0.6) is 0 Å². The number of aliphatic hydroxyl groups is 1. The van der Waals surface area contributed by atoms with Gasteiger partial charge in [0.1, 0.15) is 0 Å². The van der Waals surface area contributed by atoms with E-state index < -0.39 is 15.6 Å². The lowest BCUT2D eigenvalue weighted by Gasteiger charge is -2.26. The molecular weight excluding hydrogens is 262 g/mol. The van der Waals surface area contributed by atoms with Crippen molar-refractivity contribution in [2.75, 3.05) is 31.8 Å².